The van der Waals surface area contributed by atoms with Gasteiger partial charge >= 0.3 is 0 Å². The lowest BCUT2D eigenvalue weighted by Gasteiger charge is -2.17. The van der Waals surface area contributed by atoms with Gasteiger partial charge in [-0.15, -0.1) is 0 Å². The maximum Gasteiger partial charge on any atom is 0.258 e. The third kappa shape index (κ3) is 5.58. The highest BCUT2D eigenvalue weighted by molar-refractivity contribution is 5.78. The third-order valence-electron chi connectivity index (χ3n) is 3.98. The highest BCUT2D eigenvalue weighted by atomic mass is 16.5. The van der Waals surface area contributed by atoms with Crippen molar-refractivity contribution < 1.29 is 19.1 Å². The second-order valence-electron chi connectivity index (χ2n) is 5.80. The Morgan fingerprint density at radius 3 is 2.57 bits per heavy atom. The fourth-order valence-electron chi connectivity index (χ4n) is 2.82. The monoisotopic (exact) mass is 319 g/mol. The maximum absolute atomic E-state index is 12.1. The Balaban J connectivity index is 1.88. The van der Waals surface area contributed by atoms with Gasteiger partial charge in [-0.25, -0.2) is 0 Å². The number of amides is 1. The number of ether oxygens (including phenoxy) is 2. The quantitative estimate of drug-likeness (QED) is 0.619. The second kappa shape index (κ2) is 9.18. The summed E-state index contributed by atoms with van der Waals surface area (Å²) >= 11 is 0. The standard InChI is InChI=1S/C18H25NO4/c1-2-22-17-11-14(12-20)9-10-16(17)23-13-18(21)19-15-7-5-3-4-6-8-15/h9-12,15H,2-8,13H2,1H3,(H,19,21). The number of nitrogens with one attached hydrogen (secondary N) is 1. The summed E-state index contributed by atoms with van der Waals surface area (Å²) in [7, 11) is 0. The van der Waals surface area contributed by atoms with Crippen LogP contribution in [0.15, 0.2) is 18.2 Å². The van der Waals surface area contributed by atoms with E-state index in [2.05, 4.69) is 5.32 Å². The normalized spacial score (nSPS) is 15.5. The van der Waals surface area contributed by atoms with E-state index in [4.69, 9.17) is 9.47 Å². The third-order valence-corrected chi connectivity index (χ3v) is 3.98. The molecule has 0 heterocycles. The number of rotatable bonds is 7. The zero-order chi connectivity index (χ0) is 16.5. The molecule has 1 amide bonds. The van der Waals surface area contributed by atoms with Gasteiger partial charge in [-0.05, 0) is 38.0 Å². The van der Waals surface area contributed by atoms with E-state index in [-0.39, 0.29) is 18.6 Å². The van der Waals surface area contributed by atoms with Crippen LogP contribution in [0.1, 0.15) is 55.8 Å². The molecule has 5 heteroatoms. The first kappa shape index (κ1) is 17.3. The summed E-state index contributed by atoms with van der Waals surface area (Å²) in [4.78, 5) is 22.9. The van der Waals surface area contributed by atoms with Crippen molar-refractivity contribution in [2.24, 2.45) is 0 Å². The lowest BCUT2D eigenvalue weighted by Crippen LogP contribution is -2.37. The number of carbonyl (C=O) groups excluding carboxylic acids is 2. The summed E-state index contributed by atoms with van der Waals surface area (Å²) in [6.07, 6.45) is 7.70. The molecule has 126 valence electrons. The van der Waals surface area contributed by atoms with E-state index < -0.39 is 0 Å². The van der Waals surface area contributed by atoms with Crippen molar-refractivity contribution in [2.45, 2.75) is 51.5 Å². The van der Waals surface area contributed by atoms with Crippen molar-refractivity contribution in [3.8, 4) is 11.5 Å². The lowest BCUT2D eigenvalue weighted by molar-refractivity contribution is -0.123. The van der Waals surface area contributed by atoms with Crippen molar-refractivity contribution in [3.05, 3.63) is 23.8 Å². The molecule has 0 bridgehead atoms. The molecule has 1 saturated carbocycles. The minimum Gasteiger partial charge on any atom is -0.490 e. The van der Waals surface area contributed by atoms with E-state index in [1.807, 2.05) is 6.92 Å². The Labute approximate surface area is 137 Å². The van der Waals surface area contributed by atoms with Crippen molar-refractivity contribution >= 4 is 12.2 Å². The van der Waals surface area contributed by atoms with Gasteiger partial charge in [-0.1, -0.05) is 25.7 Å². The summed E-state index contributed by atoms with van der Waals surface area (Å²) in [5.74, 6) is 0.853. The molecule has 2 rings (SSSR count). The molecule has 0 saturated heterocycles. The van der Waals surface area contributed by atoms with Crippen LogP contribution in [0.3, 0.4) is 0 Å². The van der Waals surface area contributed by atoms with Gasteiger partial charge in [0.15, 0.2) is 18.1 Å². The van der Waals surface area contributed by atoms with Crippen LogP contribution in [0.25, 0.3) is 0 Å². The highest BCUT2D eigenvalue weighted by Crippen LogP contribution is 2.28. The minimum atomic E-state index is -0.112. The molecule has 1 aromatic carbocycles. The minimum absolute atomic E-state index is 0.0446. The van der Waals surface area contributed by atoms with Crippen LogP contribution in [-0.2, 0) is 4.79 Å². The van der Waals surface area contributed by atoms with E-state index in [1.165, 1.54) is 25.7 Å². The average molecular weight is 319 g/mol. The van der Waals surface area contributed by atoms with Crippen molar-refractivity contribution in [1.82, 2.24) is 5.32 Å². The Bertz CT molecular complexity index is 522. The van der Waals surface area contributed by atoms with Crippen LogP contribution in [0.2, 0.25) is 0 Å². The molecule has 0 radical (unpaired) electrons. The van der Waals surface area contributed by atoms with Crippen molar-refractivity contribution in [1.29, 1.82) is 0 Å². The molecule has 1 aromatic rings. The van der Waals surface area contributed by atoms with E-state index in [0.29, 0.717) is 23.7 Å². The van der Waals surface area contributed by atoms with Gasteiger partial charge in [-0.3, -0.25) is 9.59 Å². The van der Waals surface area contributed by atoms with E-state index in [1.54, 1.807) is 18.2 Å². The predicted molar refractivity (Wildman–Crippen MR) is 88.1 cm³/mol. The molecule has 0 unspecified atom stereocenters. The van der Waals surface area contributed by atoms with Gasteiger partial charge in [0.05, 0.1) is 6.61 Å². The Morgan fingerprint density at radius 1 is 1.17 bits per heavy atom. The molecule has 1 fully saturated rings. The summed E-state index contributed by atoms with van der Waals surface area (Å²) in [5, 5.41) is 3.04. The molecule has 0 spiro atoms. The molecular weight excluding hydrogens is 294 g/mol. The van der Waals surface area contributed by atoms with Gasteiger partial charge in [0.1, 0.15) is 6.29 Å². The number of hydrogen-bond acceptors (Lipinski definition) is 4. The van der Waals surface area contributed by atoms with E-state index in [9.17, 15) is 9.59 Å². The first-order valence-electron chi connectivity index (χ1n) is 8.37. The van der Waals surface area contributed by atoms with Crippen LogP contribution >= 0.6 is 0 Å². The van der Waals surface area contributed by atoms with Crippen LogP contribution in [-0.4, -0.2) is 31.4 Å². The summed E-state index contributed by atoms with van der Waals surface area (Å²) < 4.78 is 11.0. The fraction of sp³-hybridized carbons (Fsp3) is 0.556. The molecular formula is C18H25NO4. The SMILES string of the molecule is CCOc1cc(C=O)ccc1OCC(=O)NC1CCCCCC1. The number of carbonyl (C=O) groups is 2. The number of hydrogen-bond donors (Lipinski definition) is 1. The highest BCUT2D eigenvalue weighted by Gasteiger charge is 2.15. The smallest absolute Gasteiger partial charge is 0.258 e. The molecule has 1 aliphatic rings. The fourth-order valence-corrected chi connectivity index (χ4v) is 2.82. The van der Waals surface area contributed by atoms with Gasteiger partial charge in [0.25, 0.3) is 5.91 Å². The topological polar surface area (TPSA) is 64.6 Å². The molecule has 1 N–H and O–H groups in total. The van der Waals surface area contributed by atoms with Crippen LogP contribution in [0, 0.1) is 0 Å². The maximum atomic E-state index is 12.1. The molecule has 23 heavy (non-hydrogen) atoms. The summed E-state index contributed by atoms with van der Waals surface area (Å²) in [6.45, 7) is 2.28. The average Bonchev–Trinajstić information content (AvgIpc) is 2.82. The van der Waals surface area contributed by atoms with Gasteiger partial charge < -0.3 is 14.8 Å². The first-order chi connectivity index (χ1) is 11.2. The molecule has 0 aromatic heterocycles. The van der Waals surface area contributed by atoms with Crippen LogP contribution < -0.4 is 14.8 Å². The van der Waals surface area contributed by atoms with E-state index >= 15 is 0 Å². The Morgan fingerprint density at radius 2 is 1.91 bits per heavy atom. The van der Waals surface area contributed by atoms with Crippen molar-refractivity contribution in [3.63, 3.8) is 0 Å². The van der Waals surface area contributed by atoms with Gasteiger partial charge in [0, 0.05) is 11.6 Å². The zero-order valence-electron chi connectivity index (χ0n) is 13.7. The largest absolute Gasteiger partial charge is 0.490 e. The number of aldehydes is 1. The molecule has 1 aliphatic carbocycles. The summed E-state index contributed by atoms with van der Waals surface area (Å²) in [6, 6.07) is 5.19. The van der Waals surface area contributed by atoms with Gasteiger partial charge in [-0.2, -0.15) is 0 Å². The predicted octanol–water partition coefficient (Wildman–Crippen LogP) is 3.12. The molecule has 0 atom stereocenters. The second-order valence-corrected chi connectivity index (χ2v) is 5.80. The molecule has 0 aliphatic heterocycles. The zero-order valence-corrected chi connectivity index (χ0v) is 13.7. The van der Waals surface area contributed by atoms with E-state index in [0.717, 1.165) is 19.1 Å². The van der Waals surface area contributed by atoms with Crippen LogP contribution in [0.4, 0.5) is 0 Å². The Kier molecular flexibility index (Phi) is 6.91. The van der Waals surface area contributed by atoms with Crippen LogP contribution in [0.5, 0.6) is 11.5 Å². The number of benzene rings is 1. The Hall–Kier alpha value is -2.04. The molecule has 5 nitrogen and oxygen atoms in total. The van der Waals surface area contributed by atoms with Gasteiger partial charge in [0.2, 0.25) is 0 Å². The lowest BCUT2D eigenvalue weighted by atomic mass is 10.1. The first-order valence-corrected chi connectivity index (χ1v) is 8.37. The van der Waals surface area contributed by atoms with Crippen molar-refractivity contribution in [2.75, 3.05) is 13.2 Å². The summed E-state index contributed by atoms with van der Waals surface area (Å²) in [5.41, 5.74) is 0.517.